The summed E-state index contributed by atoms with van der Waals surface area (Å²) < 4.78 is 112. The van der Waals surface area contributed by atoms with Crippen molar-refractivity contribution in [3.8, 4) is 0 Å². The minimum atomic E-state index is -3.33. The molecule has 4 amide bonds. The average Bonchev–Trinajstić information content (AvgIpc) is 0.746. The van der Waals surface area contributed by atoms with E-state index < -0.39 is 408 Å². The molecule has 33 N–H and O–H groups in total. The van der Waals surface area contributed by atoms with Crippen molar-refractivity contribution in [1.29, 1.82) is 0 Å². The third kappa shape index (κ3) is 22.9. The molecule has 10 heterocycles. The monoisotopic (exact) mass is 1870 g/mol. The second-order valence-corrected chi connectivity index (χ2v) is 32.4. The molecule has 0 saturated carbocycles. The van der Waals surface area contributed by atoms with Crippen LogP contribution in [0, 0.1) is 0 Å². The fourth-order valence-corrected chi connectivity index (χ4v) is 16.6. The molecule has 0 radical (unpaired) electrons. The molecule has 0 bridgehead atoms. The molecule has 0 aromatic heterocycles. The largest absolute Gasteiger partial charge is 0.477 e. The molecule has 0 aliphatic carbocycles. The van der Waals surface area contributed by atoms with Crippen LogP contribution in [-0.4, -0.2) is 550 Å². The second-order valence-electron chi connectivity index (χ2n) is 32.4. The number of rotatable bonds is 34. The molecular weight excluding hydrogens is 1760 g/mol. The molecule has 10 aliphatic rings. The zero-order chi connectivity index (χ0) is 94.6. The Morgan fingerprint density at radius 1 is 0.336 bits per heavy atom. The zero-order valence-electron chi connectivity index (χ0n) is 68.7. The molecular formula is C71H118N4O53. The maximum atomic E-state index is 13.3. The van der Waals surface area contributed by atoms with Crippen LogP contribution in [0.3, 0.4) is 0 Å². The van der Waals surface area contributed by atoms with Gasteiger partial charge in [0.25, 0.3) is 5.79 Å². The minimum Gasteiger partial charge on any atom is -0.477 e. The van der Waals surface area contributed by atoms with Gasteiger partial charge in [-0.15, -0.1) is 0 Å². The van der Waals surface area contributed by atoms with E-state index in [0.717, 1.165) is 27.7 Å². The van der Waals surface area contributed by atoms with Gasteiger partial charge in [0.15, 0.2) is 56.6 Å². The Labute approximate surface area is 723 Å². The number of aliphatic hydroxyl groups is 28. The first-order chi connectivity index (χ1) is 60.4. The van der Waals surface area contributed by atoms with Crippen molar-refractivity contribution in [3.05, 3.63) is 0 Å². The Bertz CT molecular complexity index is 3530. The first kappa shape index (κ1) is 106. The lowest BCUT2D eigenvalue weighted by Gasteiger charge is -2.51. The molecule has 128 heavy (non-hydrogen) atoms. The summed E-state index contributed by atoms with van der Waals surface area (Å²) in [5.74, 6) is -9.47. The van der Waals surface area contributed by atoms with E-state index in [9.17, 15) is 172 Å². The van der Waals surface area contributed by atoms with Crippen LogP contribution < -0.4 is 21.3 Å². The number of ether oxygens (including phenoxy) is 19. The highest BCUT2D eigenvalue weighted by atomic mass is 16.8. The molecule has 0 aromatic carbocycles. The minimum absolute atomic E-state index is 0.856. The lowest BCUT2D eigenvalue weighted by atomic mass is 9.88. The number of carbonyl (C=O) groups is 5. The van der Waals surface area contributed by atoms with Gasteiger partial charge in [0.1, 0.15) is 232 Å². The molecule has 0 aromatic rings. The van der Waals surface area contributed by atoms with Crippen molar-refractivity contribution in [2.24, 2.45) is 0 Å². The van der Waals surface area contributed by atoms with Crippen LogP contribution in [-0.2, 0) is 114 Å². The molecule has 57 heteroatoms. The van der Waals surface area contributed by atoms with Crippen molar-refractivity contribution < 1.29 is 262 Å². The van der Waals surface area contributed by atoms with Gasteiger partial charge in [-0.25, -0.2) is 4.79 Å². The quantitative estimate of drug-likeness (QED) is 0.0284. The highest BCUT2D eigenvalue weighted by Crippen LogP contribution is 2.43. The van der Waals surface area contributed by atoms with Crippen molar-refractivity contribution in [1.82, 2.24) is 21.3 Å². The number of carbonyl (C=O) groups excluding carboxylic acids is 4. The van der Waals surface area contributed by atoms with Gasteiger partial charge in [0, 0.05) is 34.1 Å². The number of hydrogen-bond donors (Lipinski definition) is 33. The van der Waals surface area contributed by atoms with Gasteiger partial charge in [-0.3, -0.25) is 19.2 Å². The summed E-state index contributed by atoms with van der Waals surface area (Å²) in [5, 5.41) is 332. The lowest BCUT2D eigenvalue weighted by molar-refractivity contribution is -0.394. The number of hydrogen-bond acceptors (Lipinski definition) is 52. The van der Waals surface area contributed by atoms with Gasteiger partial charge < -0.3 is 259 Å². The number of carboxylic acids is 1. The summed E-state index contributed by atoms with van der Waals surface area (Å²) in [6, 6.07) is -7.94. The molecule has 10 aliphatic heterocycles. The summed E-state index contributed by atoms with van der Waals surface area (Å²) >= 11 is 0. The fourth-order valence-electron chi connectivity index (χ4n) is 16.6. The van der Waals surface area contributed by atoms with E-state index in [1.54, 1.807) is 0 Å². The molecule has 10 rings (SSSR count). The molecule has 0 spiro atoms. The van der Waals surface area contributed by atoms with Crippen LogP contribution >= 0.6 is 0 Å². The summed E-state index contributed by atoms with van der Waals surface area (Å²) in [4.78, 5) is 65.3. The third-order valence-electron chi connectivity index (χ3n) is 23.4. The van der Waals surface area contributed by atoms with Crippen molar-refractivity contribution in [2.45, 2.75) is 353 Å². The van der Waals surface area contributed by atoms with Crippen LogP contribution in [0.15, 0.2) is 0 Å². The number of nitrogens with one attached hydrogen (secondary N) is 4. The van der Waals surface area contributed by atoms with E-state index in [-0.39, 0.29) is 0 Å². The van der Waals surface area contributed by atoms with Crippen LogP contribution in [0.2, 0.25) is 0 Å². The lowest BCUT2D eigenvalue weighted by Crippen LogP contribution is -2.71. The standard InChI is InChI=1S/C71H118N4O53/c1-16-35(90)44(99)48(103)65(111-16)126-60-45(100)37(92)23(8-77)115-69(60)123-54-27(12-81)116-62(32(41(54)96)73-18(3)85)110-15-30-40(95)58(50(105)67(119-30)120-52-28(13-82)117-63(33(42(52)97)74-19(4)86)124-57-38(93)24(9-78)113-66(49(57)104)122-55-26(11-80)112-61(107)47(102)46(55)101)125-64-34(75-20(5)87)43(98)53(29(14-83)118-64)121-68-51(106)59(39(94)25(10-79)114-68)128-71(70(108)109)6-21(88)31(72-17(2)84)56(127-71)36(91)22(89)7-76/h16,21-69,76-83,88-107H,6-15H2,1-5H3,(H,72,84)(H,73,85)(H,74,86)(H,75,87)(H,108,109)/t16-,21-,22+,23+,24+,25+,26+,27+,28+,29+,30+,31+,32+,33+,34-,35+,36+,37-,38-,39-,40-,41+,42+,43+,44+,45-,46+,47+,48-,49+,50+,51+,52+,53+,54+,55+,56+,57-,58-,59-,60+,61+,62+,63-,64+,65-,66-,67-,68-,69-,71-/m0/s1. The van der Waals surface area contributed by atoms with Crippen LogP contribution in [0.5, 0.6) is 0 Å². The molecule has 10 saturated heterocycles. The smallest absolute Gasteiger partial charge is 0.364 e. The summed E-state index contributed by atoms with van der Waals surface area (Å²) in [6.07, 6.45) is -99.6. The van der Waals surface area contributed by atoms with E-state index in [1.165, 1.54) is 6.92 Å². The van der Waals surface area contributed by atoms with E-state index in [1.807, 2.05) is 0 Å². The first-order valence-corrected chi connectivity index (χ1v) is 40.6. The number of aliphatic hydroxyl groups excluding tert-OH is 28. The Balaban J connectivity index is 0.959. The van der Waals surface area contributed by atoms with Gasteiger partial charge in [-0.2, -0.15) is 0 Å². The van der Waals surface area contributed by atoms with Crippen molar-refractivity contribution in [2.75, 3.05) is 59.5 Å². The highest BCUT2D eigenvalue weighted by Gasteiger charge is 2.64. The van der Waals surface area contributed by atoms with E-state index >= 15 is 0 Å². The maximum Gasteiger partial charge on any atom is 0.364 e. The first-order valence-electron chi connectivity index (χ1n) is 40.6. The second kappa shape index (κ2) is 45.4. The van der Waals surface area contributed by atoms with E-state index in [4.69, 9.17) is 90.0 Å². The van der Waals surface area contributed by atoms with Crippen LogP contribution in [0.25, 0.3) is 0 Å². The number of amides is 4. The van der Waals surface area contributed by atoms with Gasteiger partial charge in [-0.05, 0) is 6.92 Å². The summed E-state index contributed by atoms with van der Waals surface area (Å²) in [5.41, 5.74) is 0. The van der Waals surface area contributed by atoms with Crippen LogP contribution in [0.4, 0.5) is 0 Å². The fraction of sp³-hybridized carbons (Fsp3) is 0.930. The molecule has 51 atom stereocenters. The van der Waals surface area contributed by atoms with E-state index in [0.29, 0.717) is 0 Å². The van der Waals surface area contributed by atoms with Gasteiger partial charge in [0.2, 0.25) is 23.6 Å². The van der Waals surface area contributed by atoms with Gasteiger partial charge in [-0.1, -0.05) is 0 Å². The maximum absolute atomic E-state index is 13.3. The van der Waals surface area contributed by atoms with Gasteiger partial charge >= 0.3 is 5.97 Å². The molecule has 57 nitrogen and oxygen atoms in total. The SMILES string of the molecule is CC(=O)N[C@@H]1[C@@H](O[C@H]2[C@@H](O)[C@@H](CO[C@@H]3O[C@H](CO)[C@@H](O[C@@H]4O[C@H](CO)[C@H](O)[C@H](O)[C@H]4O[C@@H]4O[C@@H](C)[C@@H](O)[C@@H](O)[C@@H]4O)[C@H](O)[C@H]3NC(C)=O)O[C@@H](O[C@H]3[C@H](O)[C@@H](NC(C)=O)[C@H](O[C@H]4[C@@H](O)[C@@H](CO)O[C@@H](O[C@H]5[C@H](O)[C@@H](O)[C@H](O)O[C@@H]5CO)[C@@H]4O)O[C@@H]3CO)[C@@H]2O)O[C@H](CO)[C@@H](O[C@@H]2O[C@H](CO)[C@H](O)[C@H](O[C@]3(C(=O)O)C[C@H](O)[C@@H](NC(C)=O)[C@H]([C@H](O)[C@H](O)CO)O3)[C@H]2O)[C@@H]1O. The Morgan fingerprint density at radius 2 is 0.672 bits per heavy atom. The summed E-state index contributed by atoms with van der Waals surface area (Å²) in [7, 11) is 0. The van der Waals surface area contributed by atoms with E-state index in [2.05, 4.69) is 21.3 Å². The molecule has 0 unspecified atom stereocenters. The number of carboxylic acid groups (broad SMARTS) is 1. The third-order valence-corrected chi connectivity index (χ3v) is 23.4. The average molecular weight is 1880 g/mol. The Morgan fingerprint density at radius 3 is 1.11 bits per heavy atom. The van der Waals surface area contributed by atoms with Gasteiger partial charge in [0.05, 0.1) is 77.7 Å². The molecule has 740 valence electrons. The predicted octanol–water partition coefficient (Wildman–Crippen LogP) is -22.0. The zero-order valence-corrected chi connectivity index (χ0v) is 68.7. The topological polar surface area (TPSA) is 896 Å². The molecule has 10 fully saturated rings. The number of aliphatic carboxylic acids is 1. The Kier molecular flexibility index (Phi) is 37.4. The predicted molar refractivity (Wildman–Crippen MR) is 392 cm³/mol. The summed E-state index contributed by atoms with van der Waals surface area (Å²) in [6.45, 7) is -5.75. The normalized spacial score (nSPS) is 48.4. The van der Waals surface area contributed by atoms with Crippen molar-refractivity contribution >= 4 is 29.6 Å². The van der Waals surface area contributed by atoms with Crippen LogP contribution in [0.1, 0.15) is 41.0 Å². The Hall–Kier alpha value is -4.53. The highest BCUT2D eigenvalue weighted by molar-refractivity contribution is 5.77. The van der Waals surface area contributed by atoms with Crippen molar-refractivity contribution in [3.63, 3.8) is 0 Å².